The van der Waals surface area contributed by atoms with Crippen molar-refractivity contribution < 1.29 is 4.79 Å². The number of carbonyl (C=O) groups excluding carboxylic acids is 1. The smallest absolute Gasteiger partial charge is 0.134 e. The Hall–Kier alpha value is -0.590. The van der Waals surface area contributed by atoms with Crippen LogP contribution in [-0.4, -0.2) is 5.78 Å². The molecule has 2 aliphatic rings. The third-order valence-electron chi connectivity index (χ3n) is 3.20. The van der Waals surface area contributed by atoms with E-state index in [0.29, 0.717) is 5.78 Å². The van der Waals surface area contributed by atoms with Crippen molar-refractivity contribution in [2.75, 3.05) is 0 Å². The summed E-state index contributed by atoms with van der Waals surface area (Å²) in [7, 11) is 0. The van der Waals surface area contributed by atoms with Crippen molar-refractivity contribution in [2.24, 2.45) is 5.41 Å². The number of Topliss-reactive ketones (excluding diaryl/α,β-unsaturated/α-hetero) is 1. The minimum Gasteiger partial charge on any atom is -0.300 e. The van der Waals surface area contributed by atoms with Gasteiger partial charge in [0.25, 0.3) is 0 Å². The first-order valence-electron chi connectivity index (χ1n) is 4.43. The van der Waals surface area contributed by atoms with Gasteiger partial charge in [-0.1, -0.05) is 18.6 Å². The SMILES string of the molecule is C=C1CCCCC12CC(=O)C2. The van der Waals surface area contributed by atoms with E-state index >= 15 is 0 Å². The van der Waals surface area contributed by atoms with Gasteiger partial charge in [0.1, 0.15) is 5.78 Å². The Labute approximate surface area is 67.5 Å². The molecule has 2 fully saturated rings. The topological polar surface area (TPSA) is 17.1 Å². The first-order valence-corrected chi connectivity index (χ1v) is 4.43. The van der Waals surface area contributed by atoms with E-state index in [1.807, 2.05) is 0 Å². The molecule has 0 radical (unpaired) electrons. The Morgan fingerprint density at radius 3 is 2.55 bits per heavy atom. The maximum atomic E-state index is 10.9. The average molecular weight is 150 g/mol. The molecule has 60 valence electrons. The molecule has 2 saturated carbocycles. The molecule has 0 aromatic heterocycles. The molecular formula is C10H14O. The molecule has 0 aromatic carbocycles. The standard InChI is InChI=1S/C10H14O/c1-8-4-2-3-5-10(8)6-9(11)7-10/h1-7H2. The van der Waals surface area contributed by atoms with Gasteiger partial charge in [0.15, 0.2) is 0 Å². The third kappa shape index (κ3) is 0.943. The number of carbonyl (C=O) groups is 1. The van der Waals surface area contributed by atoms with Crippen molar-refractivity contribution in [1.29, 1.82) is 0 Å². The highest BCUT2D eigenvalue weighted by molar-refractivity contribution is 5.87. The summed E-state index contributed by atoms with van der Waals surface area (Å²) < 4.78 is 0. The van der Waals surface area contributed by atoms with Gasteiger partial charge in [-0.2, -0.15) is 0 Å². The fourth-order valence-electron chi connectivity index (χ4n) is 2.37. The van der Waals surface area contributed by atoms with Crippen molar-refractivity contribution >= 4 is 5.78 Å². The van der Waals surface area contributed by atoms with Crippen LogP contribution in [0.4, 0.5) is 0 Å². The summed E-state index contributed by atoms with van der Waals surface area (Å²) in [5.74, 6) is 0.438. The van der Waals surface area contributed by atoms with Crippen molar-refractivity contribution in [2.45, 2.75) is 38.5 Å². The van der Waals surface area contributed by atoms with Crippen molar-refractivity contribution in [3.05, 3.63) is 12.2 Å². The van der Waals surface area contributed by atoms with E-state index in [2.05, 4.69) is 6.58 Å². The van der Waals surface area contributed by atoms with Crippen LogP contribution in [-0.2, 0) is 4.79 Å². The highest BCUT2D eigenvalue weighted by atomic mass is 16.1. The summed E-state index contributed by atoms with van der Waals surface area (Å²) in [6.45, 7) is 4.07. The average Bonchev–Trinajstić information content (AvgIpc) is 1.92. The summed E-state index contributed by atoms with van der Waals surface area (Å²) in [4.78, 5) is 10.9. The summed E-state index contributed by atoms with van der Waals surface area (Å²) >= 11 is 0. The molecule has 2 rings (SSSR count). The van der Waals surface area contributed by atoms with E-state index in [9.17, 15) is 4.79 Å². The number of ketones is 1. The number of rotatable bonds is 0. The van der Waals surface area contributed by atoms with Gasteiger partial charge in [-0.05, 0) is 19.3 Å². The van der Waals surface area contributed by atoms with Crippen LogP contribution in [0.15, 0.2) is 12.2 Å². The molecule has 1 nitrogen and oxygen atoms in total. The largest absolute Gasteiger partial charge is 0.300 e. The lowest BCUT2D eigenvalue weighted by atomic mass is 9.58. The van der Waals surface area contributed by atoms with Gasteiger partial charge < -0.3 is 0 Å². The Kier molecular flexibility index (Phi) is 1.41. The number of allylic oxidation sites excluding steroid dienone is 1. The van der Waals surface area contributed by atoms with E-state index in [0.717, 1.165) is 19.3 Å². The van der Waals surface area contributed by atoms with Crippen LogP contribution in [0.1, 0.15) is 38.5 Å². The van der Waals surface area contributed by atoms with Gasteiger partial charge in [0.05, 0.1) is 0 Å². The molecule has 0 N–H and O–H groups in total. The maximum Gasteiger partial charge on any atom is 0.134 e. The lowest BCUT2D eigenvalue weighted by molar-refractivity contribution is -0.131. The minimum atomic E-state index is 0.287. The molecule has 0 atom stereocenters. The van der Waals surface area contributed by atoms with E-state index in [1.54, 1.807) is 0 Å². The van der Waals surface area contributed by atoms with Crippen LogP contribution in [0.5, 0.6) is 0 Å². The lowest BCUT2D eigenvalue weighted by Crippen LogP contribution is -2.40. The van der Waals surface area contributed by atoms with Gasteiger partial charge in [-0.15, -0.1) is 0 Å². The lowest BCUT2D eigenvalue weighted by Gasteiger charge is -2.45. The fourth-order valence-corrected chi connectivity index (χ4v) is 2.37. The second-order valence-electron chi connectivity index (χ2n) is 3.98. The molecule has 0 aliphatic heterocycles. The second kappa shape index (κ2) is 2.20. The maximum absolute atomic E-state index is 10.9. The van der Waals surface area contributed by atoms with Crippen LogP contribution >= 0.6 is 0 Å². The predicted molar refractivity (Wildman–Crippen MR) is 44.3 cm³/mol. The Morgan fingerprint density at radius 1 is 1.27 bits per heavy atom. The Bertz CT molecular complexity index is 207. The molecule has 1 spiro atoms. The fraction of sp³-hybridized carbons (Fsp3) is 0.700. The van der Waals surface area contributed by atoms with Crippen LogP contribution in [0.25, 0.3) is 0 Å². The zero-order chi connectivity index (χ0) is 7.90. The van der Waals surface area contributed by atoms with Gasteiger partial charge >= 0.3 is 0 Å². The summed E-state index contributed by atoms with van der Waals surface area (Å²) in [6.07, 6.45) is 6.56. The summed E-state index contributed by atoms with van der Waals surface area (Å²) in [5.41, 5.74) is 1.64. The number of hydrogen-bond donors (Lipinski definition) is 0. The number of hydrogen-bond acceptors (Lipinski definition) is 1. The molecular weight excluding hydrogens is 136 g/mol. The van der Waals surface area contributed by atoms with E-state index in [-0.39, 0.29) is 5.41 Å². The van der Waals surface area contributed by atoms with Crippen LogP contribution < -0.4 is 0 Å². The van der Waals surface area contributed by atoms with E-state index in [1.165, 1.54) is 24.8 Å². The van der Waals surface area contributed by atoms with Crippen LogP contribution in [0.2, 0.25) is 0 Å². The first kappa shape index (κ1) is 7.08. The molecule has 2 aliphatic carbocycles. The highest BCUT2D eigenvalue weighted by Gasteiger charge is 2.45. The second-order valence-corrected chi connectivity index (χ2v) is 3.98. The predicted octanol–water partition coefficient (Wildman–Crippen LogP) is 2.47. The molecule has 0 bridgehead atoms. The first-order chi connectivity index (χ1) is 5.23. The Balaban J connectivity index is 2.11. The van der Waals surface area contributed by atoms with Gasteiger partial charge in [0.2, 0.25) is 0 Å². The van der Waals surface area contributed by atoms with Gasteiger partial charge in [0, 0.05) is 18.3 Å². The van der Waals surface area contributed by atoms with Gasteiger partial charge in [-0.3, -0.25) is 4.79 Å². The van der Waals surface area contributed by atoms with Gasteiger partial charge in [-0.25, -0.2) is 0 Å². The van der Waals surface area contributed by atoms with Crippen LogP contribution in [0, 0.1) is 5.41 Å². The normalized spacial score (nSPS) is 28.7. The van der Waals surface area contributed by atoms with Crippen LogP contribution in [0.3, 0.4) is 0 Å². The van der Waals surface area contributed by atoms with Crippen molar-refractivity contribution in [3.8, 4) is 0 Å². The zero-order valence-corrected chi connectivity index (χ0v) is 6.86. The van der Waals surface area contributed by atoms with E-state index < -0.39 is 0 Å². The molecule has 11 heavy (non-hydrogen) atoms. The minimum absolute atomic E-state index is 0.287. The molecule has 0 aromatic rings. The zero-order valence-electron chi connectivity index (χ0n) is 6.86. The monoisotopic (exact) mass is 150 g/mol. The van der Waals surface area contributed by atoms with E-state index in [4.69, 9.17) is 0 Å². The quantitative estimate of drug-likeness (QED) is 0.485. The Morgan fingerprint density at radius 2 is 2.00 bits per heavy atom. The molecule has 0 saturated heterocycles. The summed E-state index contributed by atoms with van der Waals surface area (Å²) in [5, 5.41) is 0. The summed E-state index contributed by atoms with van der Waals surface area (Å²) in [6, 6.07) is 0. The van der Waals surface area contributed by atoms with Crippen molar-refractivity contribution in [3.63, 3.8) is 0 Å². The molecule has 0 unspecified atom stereocenters. The molecule has 1 heteroatoms. The third-order valence-corrected chi connectivity index (χ3v) is 3.20. The van der Waals surface area contributed by atoms with Crippen molar-refractivity contribution in [1.82, 2.24) is 0 Å². The highest BCUT2D eigenvalue weighted by Crippen LogP contribution is 2.52. The molecule has 0 heterocycles. The molecule has 0 amide bonds.